The van der Waals surface area contributed by atoms with Crippen LogP contribution in [0.2, 0.25) is 0 Å². The van der Waals surface area contributed by atoms with Crippen molar-refractivity contribution < 1.29 is 4.79 Å². The maximum atomic E-state index is 11.4. The van der Waals surface area contributed by atoms with Crippen LogP contribution >= 0.6 is 11.3 Å². The fourth-order valence-corrected chi connectivity index (χ4v) is 2.86. The van der Waals surface area contributed by atoms with E-state index in [1.165, 1.54) is 11.3 Å². The monoisotopic (exact) mass is 245 g/mol. The Morgan fingerprint density at radius 3 is 2.59 bits per heavy atom. The fourth-order valence-electron chi connectivity index (χ4n) is 1.81. The highest BCUT2D eigenvalue weighted by atomic mass is 32.1. The molecule has 86 valence electrons. The summed E-state index contributed by atoms with van der Waals surface area (Å²) in [5.74, 6) is -0.672. The van der Waals surface area contributed by atoms with Gasteiger partial charge < -0.3 is 0 Å². The highest BCUT2D eigenvalue weighted by Gasteiger charge is 2.17. The molecule has 0 unspecified atom stereocenters. The molecule has 17 heavy (non-hydrogen) atoms. The SMILES string of the molecule is CCc1c(-c2ccccc2)csc1C(=O)N=O. The van der Waals surface area contributed by atoms with Crippen LogP contribution in [0.25, 0.3) is 11.1 Å². The Morgan fingerprint density at radius 2 is 2.00 bits per heavy atom. The van der Waals surface area contributed by atoms with Crippen LogP contribution in [0.3, 0.4) is 0 Å². The average Bonchev–Trinajstić information content (AvgIpc) is 2.82. The van der Waals surface area contributed by atoms with Gasteiger partial charge in [0.1, 0.15) is 4.88 Å². The maximum absolute atomic E-state index is 11.4. The van der Waals surface area contributed by atoms with Crippen molar-refractivity contribution in [1.29, 1.82) is 0 Å². The molecular weight excluding hydrogens is 234 g/mol. The van der Waals surface area contributed by atoms with E-state index >= 15 is 0 Å². The standard InChI is InChI=1S/C13H11NO2S/c1-2-10-11(9-6-4-3-5-7-9)8-17-12(10)13(15)14-16/h3-8H,2H2,1H3. The van der Waals surface area contributed by atoms with Crippen LogP contribution in [0.15, 0.2) is 40.9 Å². The number of rotatable bonds is 3. The molecule has 2 aromatic rings. The van der Waals surface area contributed by atoms with Gasteiger partial charge in [-0.25, -0.2) is 0 Å². The molecule has 3 nitrogen and oxygen atoms in total. The van der Waals surface area contributed by atoms with Crippen molar-refractivity contribution in [2.45, 2.75) is 13.3 Å². The van der Waals surface area contributed by atoms with Crippen LogP contribution in [0.5, 0.6) is 0 Å². The third-order valence-corrected chi connectivity index (χ3v) is 3.62. The molecule has 0 aliphatic carbocycles. The first-order chi connectivity index (χ1) is 8.27. The van der Waals surface area contributed by atoms with E-state index in [0.29, 0.717) is 11.3 Å². The molecular formula is C13H11NO2S. The average molecular weight is 245 g/mol. The van der Waals surface area contributed by atoms with E-state index in [1.54, 1.807) is 0 Å². The molecule has 0 bridgehead atoms. The zero-order valence-corrected chi connectivity index (χ0v) is 10.2. The van der Waals surface area contributed by atoms with Crippen molar-refractivity contribution in [3.05, 3.63) is 51.1 Å². The smallest absolute Gasteiger partial charge is 0.262 e. The summed E-state index contributed by atoms with van der Waals surface area (Å²) in [4.78, 5) is 22.2. The molecule has 0 radical (unpaired) electrons. The summed E-state index contributed by atoms with van der Waals surface area (Å²) in [5, 5.41) is 4.41. The van der Waals surface area contributed by atoms with Crippen LogP contribution < -0.4 is 0 Å². The molecule has 4 heteroatoms. The highest BCUT2D eigenvalue weighted by molar-refractivity contribution is 7.12. The van der Waals surface area contributed by atoms with Gasteiger partial charge in [-0.05, 0) is 28.5 Å². The maximum Gasteiger partial charge on any atom is 0.326 e. The van der Waals surface area contributed by atoms with E-state index in [0.717, 1.165) is 16.7 Å². The molecule has 2 rings (SSSR count). The van der Waals surface area contributed by atoms with Crippen LogP contribution in [0.1, 0.15) is 22.2 Å². The number of thiophene rings is 1. The lowest BCUT2D eigenvalue weighted by Gasteiger charge is -2.02. The van der Waals surface area contributed by atoms with Gasteiger partial charge in [-0.3, -0.25) is 4.79 Å². The summed E-state index contributed by atoms with van der Waals surface area (Å²) in [6, 6.07) is 9.83. The first-order valence-electron chi connectivity index (χ1n) is 5.31. The predicted octanol–water partition coefficient (Wildman–Crippen LogP) is 3.88. The lowest BCUT2D eigenvalue weighted by molar-refractivity contribution is 0.100. The second kappa shape index (κ2) is 5.01. The Balaban J connectivity index is 2.53. The van der Waals surface area contributed by atoms with Gasteiger partial charge in [0.05, 0.1) is 0 Å². The van der Waals surface area contributed by atoms with Crippen LogP contribution in [0.4, 0.5) is 0 Å². The van der Waals surface area contributed by atoms with Crippen molar-refractivity contribution in [2.75, 3.05) is 0 Å². The number of nitroso groups, excluding NO2 is 1. The van der Waals surface area contributed by atoms with Gasteiger partial charge in [-0.15, -0.1) is 16.2 Å². The van der Waals surface area contributed by atoms with Gasteiger partial charge in [-0.2, -0.15) is 0 Å². The first kappa shape index (κ1) is 11.7. The Labute approximate surface area is 103 Å². The zero-order chi connectivity index (χ0) is 12.3. The predicted molar refractivity (Wildman–Crippen MR) is 69.3 cm³/mol. The van der Waals surface area contributed by atoms with Gasteiger partial charge in [0.15, 0.2) is 0 Å². The second-order valence-electron chi connectivity index (χ2n) is 3.57. The molecule has 0 atom stereocenters. The number of carbonyl (C=O) groups is 1. The number of hydrogen-bond donors (Lipinski definition) is 0. The van der Waals surface area contributed by atoms with Crippen molar-refractivity contribution in [3.63, 3.8) is 0 Å². The van der Waals surface area contributed by atoms with Crippen molar-refractivity contribution >= 4 is 17.2 Å². The largest absolute Gasteiger partial charge is 0.326 e. The fraction of sp³-hybridized carbons (Fsp3) is 0.154. The third kappa shape index (κ3) is 2.17. The van der Waals surface area contributed by atoms with Gasteiger partial charge in [0.2, 0.25) is 0 Å². The number of carbonyl (C=O) groups excluding carboxylic acids is 1. The van der Waals surface area contributed by atoms with Gasteiger partial charge in [-0.1, -0.05) is 37.3 Å². The second-order valence-corrected chi connectivity index (χ2v) is 4.45. The summed E-state index contributed by atoms with van der Waals surface area (Å²) >= 11 is 1.28. The van der Waals surface area contributed by atoms with Crippen molar-refractivity contribution in [2.24, 2.45) is 5.18 Å². The summed E-state index contributed by atoms with van der Waals surface area (Å²) in [5.41, 5.74) is 2.99. The molecule has 1 aromatic heterocycles. The van der Waals surface area contributed by atoms with E-state index < -0.39 is 5.91 Å². The summed E-state index contributed by atoms with van der Waals surface area (Å²) in [7, 11) is 0. The zero-order valence-electron chi connectivity index (χ0n) is 9.34. The van der Waals surface area contributed by atoms with Gasteiger partial charge in [0.25, 0.3) is 0 Å². The molecule has 1 aromatic carbocycles. The van der Waals surface area contributed by atoms with Crippen LogP contribution in [0, 0.1) is 4.91 Å². The minimum atomic E-state index is -0.672. The van der Waals surface area contributed by atoms with E-state index in [9.17, 15) is 9.70 Å². The molecule has 0 saturated carbocycles. The van der Waals surface area contributed by atoms with Crippen molar-refractivity contribution in [1.82, 2.24) is 0 Å². The molecule has 0 fully saturated rings. The highest BCUT2D eigenvalue weighted by Crippen LogP contribution is 2.32. The van der Waals surface area contributed by atoms with E-state index in [-0.39, 0.29) is 0 Å². The summed E-state index contributed by atoms with van der Waals surface area (Å²) in [6.45, 7) is 1.97. The number of hydrogen-bond acceptors (Lipinski definition) is 3. The lowest BCUT2D eigenvalue weighted by Crippen LogP contribution is -1.95. The summed E-state index contributed by atoms with van der Waals surface area (Å²) < 4.78 is 0. The Kier molecular flexibility index (Phi) is 3.44. The molecule has 0 saturated heterocycles. The molecule has 0 N–H and O–H groups in total. The van der Waals surface area contributed by atoms with Crippen molar-refractivity contribution in [3.8, 4) is 11.1 Å². The Morgan fingerprint density at radius 1 is 1.29 bits per heavy atom. The molecule has 0 spiro atoms. The Hall–Kier alpha value is -1.81. The van der Waals surface area contributed by atoms with E-state index in [2.05, 4.69) is 5.18 Å². The Bertz CT molecular complexity index is 546. The quantitative estimate of drug-likeness (QED) is 0.770. The molecule has 0 aliphatic rings. The van der Waals surface area contributed by atoms with Crippen LogP contribution in [-0.4, -0.2) is 5.91 Å². The number of benzene rings is 1. The summed E-state index contributed by atoms with van der Waals surface area (Å²) in [6.07, 6.45) is 0.713. The minimum absolute atomic E-state index is 0.460. The number of nitrogens with zero attached hydrogens (tertiary/aromatic N) is 1. The van der Waals surface area contributed by atoms with Gasteiger partial charge >= 0.3 is 5.91 Å². The normalized spacial score (nSPS) is 10.2. The van der Waals surface area contributed by atoms with Crippen LogP contribution in [-0.2, 0) is 6.42 Å². The van der Waals surface area contributed by atoms with Gasteiger partial charge in [0, 0.05) is 5.18 Å². The number of amides is 1. The molecule has 1 heterocycles. The molecule has 0 aliphatic heterocycles. The van der Waals surface area contributed by atoms with E-state index in [1.807, 2.05) is 42.6 Å². The topological polar surface area (TPSA) is 46.5 Å². The van der Waals surface area contributed by atoms with E-state index in [4.69, 9.17) is 0 Å². The lowest BCUT2D eigenvalue weighted by atomic mass is 10.0. The molecule has 1 amide bonds. The third-order valence-electron chi connectivity index (χ3n) is 2.61. The minimum Gasteiger partial charge on any atom is -0.262 e. The first-order valence-corrected chi connectivity index (χ1v) is 6.19.